The van der Waals surface area contributed by atoms with E-state index >= 15 is 0 Å². The molecule has 0 unspecified atom stereocenters. The van der Waals surface area contributed by atoms with Crippen molar-refractivity contribution in [1.82, 2.24) is 9.78 Å². The number of nitrogens with zero attached hydrogens (tertiary/aromatic N) is 2. The fraction of sp³-hybridized carbons (Fsp3) is 0.133. The summed E-state index contributed by atoms with van der Waals surface area (Å²) < 4.78 is 6.28. The Bertz CT molecular complexity index is 749. The van der Waals surface area contributed by atoms with Crippen molar-refractivity contribution in [3.05, 3.63) is 69.3 Å². The summed E-state index contributed by atoms with van der Waals surface area (Å²) in [6.07, 6.45) is 2.75. The Kier molecular flexibility index (Phi) is 4.55. The normalized spacial score (nSPS) is 10.8. The predicted octanol–water partition coefficient (Wildman–Crippen LogP) is 2.88. The van der Waals surface area contributed by atoms with E-state index in [4.69, 9.17) is 16.3 Å². The van der Waals surface area contributed by atoms with Crippen molar-refractivity contribution in [2.24, 2.45) is 0 Å². The number of hydrogen-bond acceptors (Lipinski definition) is 4. The van der Waals surface area contributed by atoms with Crippen LogP contribution in [0.1, 0.15) is 23.1 Å². The third-order valence-electron chi connectivity index (χ3n) is 2.68. The van der Waals surface area contributed by atoms with Gasteiger partial charge in [-0.25, -0.2) is 9.48 Å². The van der Waals surface area contributed by atoms with Gasteiger partial charge in [0.15, 0.2) is 0 Å². The Morgan fingerprint density at radius 1 is 1.33 bits per heavy atom. The minimum Gasteiger partial charge on any atom is -0.430 e. The van der Waals surface area contributed by atoms with Crippen molar-refractivity contribution in [3.63, 3.8) is 0 Å². The second kappa shape index (κ2) is 6.37. The Hall–Kier alpha value is -2.40. The summed E-state index contributed by atoms with van der Waals surface area (Å²) in [5.74, 6) is -0.791. The van der Waals surface area contributed by atoms with Crippen LogP contribution >= 0.6 is 11.6 Å². The molecule has 0 amide bonds. The molecule has 6 heteroatoms. The van der Waals surface area contributed by atoms with Crippen molar-refractivity contribution in [3.8, 4) is 5.69 Å². The van der Waals surface area contributed by atoms with Gasteiger partial charge in [-0.05, 0) is 38.1 Å². The van der Waals surface area contributed by atoms with Crippen LogP contribution in [0.2, 0.25) is 5.02 Å². The smallest absolute Gasteiger partial charge is 0.367 e. The first-order valence-electron chi connectivity index (χ1n) is 6.22. The van der Waals surface area contributed by atoms with E-state index in [9.17, 15) is 9.59 Å². The Balaban J connectivity index is 2.50. The van der Waals surface area contributed by atoms with Gasteiger partial charge in [0, 0.05) is 16.8 Å². The number of ether oxygens (including phenoxy) is 1. The van der Waals surface area contributed by atoms with E-state index in [0.717, 1.165) is 0 Å². The van der Waals surface area contributed by atoms with Crippen molar-refractivity contribution < 1.29 is 9.53 Å². The van der Waals surface area contributed by atoms with Gasteiger partial charge in [-0.1, -0.05) is 17.7 Å². The zero-order chi connectivity index (χ0) is 15.4. The van der Waals surface area contributed by atoms with Crippen molar-refractivity contribution >= 4 is 17.6 Å². The van der Waals surface area contributed by atoms with Crippen molar-refractivity contribution in [1.29, 1.82) is 0 Å². The molecule has 0 aliphatic rings. The third kappa shape index (κ3) is 3.38. The van der Waals surface area contributed by atoms with Crippen molar-refractivity contribution in [2.75, 3.05) is 0 Å². The zero-order valence-corrected chi connectivity index (χ0v) is 12.3. The van der Waals surface area contributed by atoms with Crippen LogP contribution in [0.3, 0.4) is 0 Å². The number of carbonyl (C=O) groups is 1. The minimum absolute atomic E-state index is 0.270. The number of aromatic nitrogens is 2. The van der Waals surface area contributed by atoms with Crippen molar-refractivity contribution in [2.45, 2.75) is 13.8 Å². The van der Waals surface area contributed by atoms with Gasteiger partial charge < -0.3 is 4.74 Å². The third-order valence-corrected chi connectivity index (χ3v) is 2.94. The Morgan fingerprint density at radius 2 is 2.00 bits per heavy atom. The lowest BCUT2D eigenvalue weighted by molar-refractivity contribution is 0.0652. The summed E-state index contributed by atoms with van der Waals surface area (Å²) in [5, 5.41) is 4.67. The lowest BCUT2D eigenvalue weighted by atomic mass is 10.3. The molecule has 0 radical (unpaired) electrons. The maximum atomic E-state index is 11.9. The van der Waals surface area contributed by atoms with Crippen LogP contribution in [-0.4, -0.2) is 15.7 Å². The molecular formula is C15H13ClN2O3. The number of carbonyl (C=O) groups excluding carboxylic acids is 1. The average Bonchev–Trinajstić information content (AvgIpc) is 2.46. The first-order valence-corrected chi connectivity index (χ1v) is 6.60. The van der Waals surface area contributed by atoms with E-state index in [2.05, 4.69) is 5.10 Å². The molecule has 21 heavy (non-hydrogen) atoms. The minimum atomic E-state index is -0.791. The van der Waals surface area contributed by atoms with Gasteiger partial charge in [-0.15, -0.1) is 0 Å². The van der Waals surface area contributed by atoms with Crippen LogP contribution < -0.4 is 5.43 Å². The highest BCUT2D eigenvalue weighted by molar-refractivity contribution is 6.30. The highest BCUT2D eigenvalue weighted by atomic mass is 35.5. The van der Waals surface area contributed by atoms with Gasteiger partial charge in [-0.2, -0.15) is 5.10 Å². The van der Waals surface area contributed by atoms with Crippen LogP contribution in [0.25, 0.3) is 5.69 Å². The molecule has 5 nitrogen and oxygen atoms in total. The van der Waals surface area contributed by atoms with E-state index in [0.29, 0.717) is 16.4 Å². The molecule has 0 spiro atoms. The van der Waals surface area contributed by atoms with E-state index in [1.807, 2.05) is 0 Å². The highest BCUT2D eigenvalue weighted by Crippen LogP contribution is 2.13. The number of aryl methyl sites for hydroxylation is 1. The number of allylic oxidation sites excluding steroid dienone is 1. The maximum absolute atomic E-state index is 11.9. The second-order valence-electron chi connectivity index (χ2n) is 4.26. The van der Waals surface area contributed by atoms with Gasteiger partial charge in [0.2, 0.25) is 11.1 Å². The molecule has 0 aliphatic heterocycles. The Morgan fingerprint density at radius 3 is 2.62 bits per heavy atom. The van der Waals surface area contributed by atoms with E-state index < -0.39 is 11.4 Å². The number of halogens is 1. The molecule has 0 atom stereocenters. The predicted molar refractivity (Wildman–Crippen MR) is 79.8 cm³/mol. The van der Waals surface area contributed by atoms with E-state index in [1.165, 1.54) is 17.0 Å². The first-order chi connectivity index (χ1) is 10.0. The molecule has 0 saturated heterocycles. The summed E-state index contributed by atoms with van der Waals surface area (Å²) in [5.41, 5.74) is 0.544. The molecule has 0 bridgehead atoms. The molecular weight excluding hydrogens is 292 g/mol. The molecule has 1 aromatic carbocycles. The first kappa shape index (κ1) is 15.0. The maximum Gasteiger partial charge on any atom is 0.367 e. The van der Waals surface area contributed by atoms with Gasteiger partial charge in [0.25, 0.3) is 0 Å². The van der Waals surface area contributed by atoms with E-state index in [-0.39, 0.29) is 5.69 Å². The molecule has 0 N–H and O–H groups in total. The summed E-state index contributed by atoms with van der Waals surface area (Å²) >= 11 is 5.84. The monoisotopic (exact) mass is 304 g/mol. The highest BCUT2D eigenvalue weighted by Gasteiger charge is 2.16. The number of hydrogen-bond donors (Lipinski definition) is 0. The van der Waals surface area contributed by atoms with Gasteiger partial charge in [0.05, 0.1) is 11.9 Å². The second-order valence-corrected chi connectivity index (χ2v) is 4.70. The quantitative estimate of drug-likeness (QED) is 0.646. The Labute approximate surface area is 126 Å². The lowest BCUT2D eigenvalue weighted by Gasteiger charge is -2.10. The largest absolute Gasteiger partial charge is 0.430 e. The summed E-state index contributed by atoms with van der Waals surface area (Å²) in [6.45, 7) is 3.42. The van der Waals surface area contributed by atoms with Crippen LogP contribution in [0, 0.1) is 6.92 Å². The summed E-state index contributed by atoms with van der Waals surface area (Å²) in [4.78, 5) is 23.7. The molecule has 1 heterocycles. The van der Waals surface area contributed by atoms with E-state index in [1.54, 1.807) is 44.2 Å². The number of esters is 1. The molecule has 0 aliphatic carbocycles. The average molecular weight is 305 g/mol. The topological polar surface area (TPSA) is 61.2 Å². The molecule has 1 aromatic heterocycles. The van der Waals surface area contributed by atoms with Gasteiger partial charge in [-0.3, -0.25) is 4.79 Å². The lowest BCUT2D eigenvalue weighted by Crippen LogP contribution is -2.23. The van der Waals surface area contributed by atoms with Crippen LogP contribution in [0.5, 0.6) is 0 Å². The van der Waals surface area contributed by atoms with Crippen LogP contribution in [0.15, 0.2) is 47.5 Å². The molecule has 0 fully saturated rings. The number of rotatable bonds is 3. The fourth-order valence-corrected chi connectivity index (χ4v) is 1.84. The van der Waals surface area contributed by atoms with Crippen LogP contribution in [-0.2, 0) is 4.74 Å². The summed E-state index contributed by atoms with van der Waals surface area (Å²) in [7, 11) is 0. The molecule has 2 rings (SSSR count). The molecule has 2 aromatic rings. The van der Waals surface area contributed by atoms with Gasteiger partial charge in [0.1, 0.15) is 0 Å². The molecule has 0 saturated carbocycles. The summed E-state index contributed by atoms with van der Waals surface area (Å²) in [6, 6.07) is 8.23. The zero-order valence-electron chi connectivity index (χ0n) is 11.5. The van der Waals surface area contributed by atoms with Crippen LogP contribution in [0.4, 0.5) is 0 Å². The standard InChI is InChI=1S/C15H13ClN2O3/c1-3-8-21-15(20)14-13(19)9-10(2)18(17-14)12-6-4-11(16)5-7-12/h3-9H,1-2H3. The SMILES string of the molecule is CC=COC(=O)c1nn(-c2ccc(Cl)cc2)c(C)cc1=O. The van der Waals surface area contributed by atoms with Gasteiger partial charge >= 0.3 is 5.97 Å². The fourth-order valence-electron chi connectivity index (χ4n) is 1.72. The number of benzene rings is 1. The molecule has 108 valence electrons.